The van der Waals surface area contributed by atoms with Crippen LogP contribution in [-0.2, 0) is 16.0 Å². The van der Waals surface area contributed by atoms with Crippen LogP contribution in [0, 0.1) is 0 Å². The second-order valence-electron chi connectivity index (χ2n) is 8.69. The largest absolute Gasteiger partial charge is 0.456 e. The third-order valence-electron chi connectivity index (χ3n) is 4.94. The van der Waals surface area contributed by atoms with Crippen LogP contribution in [0.15, 0.2) is 77.2 Å². The lowest BCUT2D eigenvalue weighted by atomic mass is 10.1. The summed E-state index contributed by atoms with van der Waals surface area (Å²) < 4.78 is 11.3. The van der Waals surface area contributed by atoms with Gasteiger partial charge in [-0.3, -0.25) is 4.79 Å². The molecule has 3 aromatic carbocycles. The van der Waals surface area contributed by atoms with Crippen LogP contribution >= 0.6 is 0 Å². The summed E-state index contributed by atoms with van der Waals surface area (Å²) in [5.74, 6) is -0.338. The lowest BCUT2D eigenvalue weighted by Gasteiger charge is -2.23. The Kier molecular flexibility index (Phi) is 5.86. The van der Waals surface area contributed by atoms with E-state index in [1.54, 1.807) is 26.8 Å². The van der Waals surface area contributed by atoms with Crippen LogP contribution in [0.3, 0.4) is 0 Å². The fourth-order valence-electron chi connectivity index (χ4n) is 3.54. The van der Waals surface area contributed by atoms with Gasteiger partial charge in [0.15, 0.2) is 0 Å². The van der Waals surface area contributed by atoms with Crippen LogP contribution in [0.5, 0.6) is 0 Å². The number of hydrogen-bond acceptors (Lipinski definition) is 4. The van der Waals surface area contributed by atoms with E-state index in [0.29, 0.717) is 17.7 Å². The minimum atomic E-state index is -0.807. The number of carbonyl (C=O) groups is 2. The predicted octanol–water partition coefficient (Wildman–Crippen LogP) is 5.66. The molecule has 0 bridgehead atoms. The van der Waals surface area contributed by atoms with Crippen molar-refractivity contribution in [2.45, 2.75) is 38.8 Å². The third kappa shape index (κ3) is 5.09. The average molecular weight is 431 g/mol. The molecule has 164 valence electrons. The molecule has 0 aliphatic rings. The molecule has 1 atom stereocenters. The van der Waals surface area contributed by atoms with Crippen molar-refractivity contribution >= 4 is 39.6 Å². The van der Waals surface area contributed by atoms with Crippen molar-refractivity contribution in [3.05, 3.63) is 78.4 Å². The smallest absolute Gasteiger partial charge is 0.408 e. The number of fused-ring (bicyclic) bond motifs is 3. The number of rotatable bonds is 5. The van der Waals surface area contributed by atoms with E-state index in [1.165, 1.54) is 0 Å². The van der Waals surface area contributed by atoms with Crippen LogP contribution in [0.25, 0.3) is 21.9 Å². The first-order chi connectivity index (χ1) is 15.3. The molecule has 2 N–H and O–H groups in total. The third-order valence-corrected chi connectivity index (χ3v) is 4.94. The molecule has 4 rings (SSSR count). The van der Waals surface area contributed by atoms with Gasteiger partial charge in [-0.15, -0.1) is 0 Å². The lowest BCUT2D eigenvalue weighted by molar-refractivity contribution is -0.118. The quantitative estimate of drug-likeness (QED) is 0.428. The first-order valence-corrected chi connectivity index (χ1v) is 10.5. The molecule has 0 spiro atoms. The Morgan fingerprint density at radius 1 is 0.906 bits per heavy atom. The number of alkyl carbamates (subject to hydrolysis) is 1. The minimum absolute atomic E-state index is 0.332. The van der Waals surface area contributed by atoms with Crippen LogP contribution in [0.1, 0.15) is 26.3 Å². The maximum Gasteiger partial charge on any atom is 0.408 e. The van der Waals surface area contributed by atoms with Crippen molar-refractivity contribution < 1.29 is 18.7 Å². The van der Waals surface area contributed by atoms with Gasteiger partial charge < -0.3 is 19.8 Å². The zero-order valence-electron chi connectivity index (χ0n) is 18.3. The van der Waals surface area contributed by atoms with E-state index >= 15 is 0 Å². The molecule has 4 aromatic rings. The van der Waals surface area contributed by atoms with Gasteiger partial charge in [-0.05, 0) is 44.5 Å². The van der Waals surface area contributed by atoms with Gasteiger partial charge in [0.1, 0.15) is 22.8 Å². The standard InChI is InChI=1S/C26H26N2O4/c1-26(2,3)32-25(30)28-21(15-17-9-5-4-6-10-17)24(29)27-18-13-14-20-19-11-7-8-12-22(19)31-23(20)16-18/h4-14,16,21H,15H2,1-3H3,(H,27,29)(H,28,30)/t21-/m0/s1. The van der Waals surface area contributed by atoms with Crippen LogP contribution in [-0.4, -0.2) is 23.6 Å². The van der Waals surface area contributed by atoms with E-state index in [4.69, 9.17) is 9.15 Å². The molecule has 6 nitrogen and oxygen atoms in total. The lowest BCUT2D eigenvalue weighted by Crippen LogP contribution is -2.47. The highest BCUT2D eigenvalue weighted by atomic mass is 16.6. The summed E-state index contributed by atoms with van der Waals surface area (Å²) in [5.41, 5.74) is 2.33. The van der Waals surface area contributed by atoms with Gasteiger partial charge in [-0.1, -0.05) is 48.5 Å². The Morgan fingerprint density at radius 3 is 2.34 bits per heavy atom. The Hall–Kier alpha value is -3.80. The summed E-state index contributed by atoms with van der Waals surface area (Å²) in [7, 11) is 0. The van der Waals surface area contributed by atoms with E-state index in [2.05, 4.69) is 10.6 Å². The van der Waals surface area contributed by atoms with Crippen molar-refractivity contribution in [3.8, 4) is 0 Å². The Bertz CT molecular complexity index is 1260. The molecule has 32 heavy (non-hydrogen) atoms. The number of para-hydroxylation sites is 1. The number of furan rings is 1. The number of nitrogens with one attached hydrogen (secondary N) is 2. The number of ether oxygens (including phenoxy) is 1. The molecule has 0 saturated carbocycles. The maximum absolute atomic E-state index is 13.1. The summed E-state index contributed by atoms with van der Waals surface area (Å²) in [6.07, 6.45) is -0.306. The first kappa shape index (κ1) is 21.4. The first-order valence-electron chi connectivity index (χ1n) is 10.5. The molecule has 1 aromatic heterocycles. The van der Waals surface area contributed by atoms with Crippen LogP contribution < -0.4 is 10.6 Å². The zero-order valence-corrected chi connectivity index (χ0v) is 18.3. The monoisotopic (exact) mass is 430 g/mol. The molecule has 0 radical (unpaired) electrons. The zero-order chi connectivity index (χ0) is 22.7. The summed E-state index contributed by atoms with van der Waals surface area (Å²) in [4.78, 5) is 25.5. The van der Waals surface area contributed by atoms with Gasteiger partial charge in [0, 0.05) is 28.9 Å². The number of amides is 2. The maximum atomic E-state index is 13.1. The predicted molar refractivity (Wildman–Crippen MR) is 126 cm³/mol. The van der Waals surface area contributed by atoms with E-state index in [-0.39, 0.29) is 5.91 Å². The normalized spacial score (nSPS) is 12.5. The summed E-state index contributed by atoms with van der Waals surface area (Å²) in [6, 6.07) is 22.1. The molecule has 6 heteroatoms. The van der Waals surface area contributed by atoms with Gasteiger partial charge in [-0.2, -0.15) is 0 Å². The molecule has 0 saturated heterocycles. The number of hydrogen-bond donors (Lipinski definition) is 2. The second-order valence-corrected chi connectivity index (χ2v) is 8.69. The van der Waals surface area contributed by atoms with Crippen LogP contribution in [0.4, 0.5) is 10.5 Å². The van der Waals surface area contributed by atoms with E-state index in [1.807, 2.05) is 66.7 Å². The minimum Gasteiger partial charge on any atom is -0.456 e. The van der Waals surface area contributed by atoms with E-state index in [0.717, 1.165) is 21.9 Å². The van der Waals surface area contributed by atoms with Crippen molar-refractivity contribution in [2.75, 3.05) is 5.32 Å². The van der Waals surface area contributed by atoms with E-state index in [9.17, 15) is 9.59 Å². The highest BCUT2D eigenvalue weighted by molar-refractivity contribution is 6.06. The molecular formula is C26H26N2O4. The second kappa shape index (κ2) is 8.75. The van der Waals surface area contributed by atoms with Gasteiger partial charge in [0.05, 0.1) is 0 Å². The highest BCUT2D eigenvalue weighted by Crippen LogP contribution is 2.30. The summed E-state index contributed by atoms with van der Waals surface area (Å²) >= 11 is 0. The van der Waals surface area contributed by atoms with Crippen molar-refractivity contribution in [2.24, 2.45) is 0 Å². The highest BCUT2D eigenvalue weighted by Gasteiger charge is 2.25. The molecule has 1 heterocycles. The Labute approximate surface area is 186 Å². The fraction of sp³-hybridized carbons (Fsp3) is 0.231. The summed E-state index contributed by atoms with van der Waals surface area (Å²) in [5, 5.41) is 7.60. The van der Waals surface area contributed by atoms with Gasteiger partial charge in [0.25, 0.3) is 0 Å². The van der Waals surface area contributed by atoms with Gasteiger partial charge in [0.2, 0.25) is 5.91 Å². The van der Waals surface area contributed by atoms with Crippen molar-refractivity contribution in [1.82, 2.24) is 5.32 Å². The molecule has 0 fully saturated rings. The van der Waals surface area contributed by atoms with Crippen molar-refractivity contribution in [1.29, 1.82) is 0 Å². The average Bonchev–Trinajstić information content (AvgIpc) is 3.10. The van der Waals surface area contributed by atoms with Crippen molar-refractivity contribution in [3.63, 3.8) is 0 Å². The number of carbonyl (C=O) groups excluding carboxylic acids is 2. The molecular weight excluding hydrogens is 404 g/mol. The van der Waals surface area contributed by atoms with Gasteiger partial charge in [-0.25, -0.2) is 4.79 Å². The molecule has 0 unspecified atom stereocenters. The Morgan fingerprint density at radius 2 is 1.59 bits per heavy atom. The fourth-order valence-corrected chi connectivity index (χ4v) is 3.54. The SMILES string of the molecule is CC(C)(C)OC(=O)N[C@@H](Cc1ccccc1)C(=O)Nc1ccc2c(c1)oc1ccccc12. The summed E-state index contributed by atoms with van der Waals surface area (Å²) in [6.45, 7) is 5.34. The number of anilines is 1. The molecule has 0 aliphatic carbocycles. The molecule has 2 amide bonds. The molecule has 0 aliphatic heterocycles. The Balaban J connectivity index is 1.55. The number of benzene rings is 3. The topological polar surface area (TPSA) is 80.6 Å². The van der Waals surface area contributed by atoms with Crippen LogP contribution in [0.2, 0.25) is 0 Å². The van der Waals surface area contributed by atoms with E-state index < -0.39 is 17.7 Å². The van der Waals surface area contributed by atoms with Gasteiger partial charge >= 0.3 is 6.09 Å².